The van der Waals surface area contributed by atoms with Crippen LogP contribution in [0.5, 0.6) is 0 Å². The molecule has 0 saturated heterocycles. The summed E-state index contributed by atoms with van der Waals surface area (Å²) in [6, 6.07) is 7.03. The van der Waals surface area contributed by atoms with Crippen molar-refractivity contribution in [2.45, 2.75) is 73.6 Å². The molecular formula is C23H36. The molecule has 1 atom stereocenters. The van der Waals surface area contributed by atoms with Gasteiger partial charge in [-0.2, -0.15) is 0 Å². The summed E-state index contributed by atoms with van der Waals surface area (Å²) in [5.41, 5.74) is 5.87. The average molecular weight is 313 g/mol. The van der Waals surface area contributed by atoms with Crippen molar-refractivity contribution >= 4 is 6.08 Å². The molecule has 0 spiro atoms. The molecule has 0 heteroatoms. The standard InChI is InChI=1S/C23H36/c1-7-9-10-11-21-14-15-23(22(8-2)17-21)16-20(6)19(5)13-12-18(3)4/h7,9,14-19H,8,10-13H2,1-6H3/b9-7+,20-16+. The molecule has 0 N–H and O–H groups in total. The minimum atomic E-state index is 0.677. The molecule has 0 aliphatic heterocycles. The lowest BCUT2D eigenvalue weighted by Gasteiger charge is -2.15. The third kappa shape index (κ3) is 7.20. The summed E-state index contributed by atoms with van der Waals surface area (Å²) in [6.07, 6.45) is 12.8. The Balaban J connectivity index is 2.83. The van der Waals surface area contributed by atoms with Crippen LogP contribution in [0, 0.1) is 11.8 Å². The molecule has 0 amide bonds. The highest BCUT2D eigenvalue weighted by Gasteiger charge is 2.07. The van der Waals surface area contributed by atoms with Crippen LogP contribution in [-0.4, -0.2) is 0 Å². The molecular weight excluding hydrogens is 276 g/mol. The van der Waals surface area contributed by atoms with E-state index in [-0.39, 0.29) is 0 Å². The van der Waals surface area contributed by atoms with Crippen LogP contribution in [0.2, 0.25) is 0 Å². The fourth-order valence-corrected chi connectivity index (χ4v) is 2.88. The third-order valence-corrected chi connectivity index (χ3v) is 4.76. The van der Waals surface area contributed by atoms with Crippen LogP contribution in [0.1, 0.15) is 77.5 Å². The summed E-state index contributed by atoms with van der Waals surface area (Å²) in [5, 5.41) is 0. The molecule has 0 nitrogen and oxygen atoms in total. The van der Waals surface area contributed by atoms with E-state index in [2.05, 4.69) is 78.0 Å². The van der Waals surface area contributed by atoms with Crippen LogP contribution in [0.3, 0.4) is 0 Å². The van der Waals surface area contributed by atoms with Crippen molar-refractivity contribution in [3.63, 3.8) is 0 Å². The van der Waals surface area contributed by atoms with Gasteiger partial charge in [0.05, 0.1) is 0 Å². The maximum atomic E-state index is 2.42. The summed E-state index contributed by atoms with van der Waals surface area (Å²) in [4.78, 5) is 0. The van der Waals surface area contributed by atoms with E-state index in [4.69, 9.17) is 0 Å². The summed E-state index contributed by atoms with van der Waals surface area (Å²) in [6.45, 7) is 13.6. The van der Waals surface area contributed by atoms with Crippen molar-refractivity contribution in [1.82, 2.24) is 0 Å². The molecule has 0 aliphatic rings. The third-order valence-electron chi connectivity index (χ3n) is 4.76. The van der Waals surface area contributed by atoms with Gasteiger partial charge in [0, 0.05) is 0 Å². The first-order chi connectivity index (χ1) is 11.0. The fourth-order valence-electron chi connectivity index (χ4n) is 2.88. The maximum Gasteiger partial charge on any atom is -0.0225 e. The first-order valence-corrected chi connectivity index (χ1v) is 9.39. The zero-order valence-corrected chi connectivity index (χ0v) is 16.2. The van der Waals surface area contributed by atoms with E-state index in [0.29, 0.717) is 5.92 Å². The van der Waals surface area contributed by atoms with E-state index in [1.807, 2.05) is 0 Å². The van der Waals surface area contributed by atoms with Crippen molar-refractivity contribution in [3.05, 3.63) is 52.6 Å². The van der Waals surface area contributed by atoms with Gasteiger partial charge in [0.15, 0.2) is 0 Å². The molecule has 1 rings (SSSR count). The fraction of sp³-hybridized carbons (Fsp3) is 0.565. The van der Waals surface area contributed by atoms with E-state index in [9.17, 15) is 0 Å². The van der Waals surface area contributed by atoms with E-state index < -0.39 is 0 Å². The van der Waals surface area contributed by atoms with Crippen molar-refractivity contribution in [1.29, 1.82) is 0 Å². The molecule has 0 fully saturated rings. The summed E-state index contributed by atoms with van der Waals surface area (Å²) in [7, 11) is 0. The molecule has 0 radical (unpaired) electrons. The Bertz CT molecular complexity index is 517. The Hall–Kier alpha value is -1.30. The van der Waals surface area contributed by atoms with Gasteiger partial charge in [0.1, 0.15) is 0 Å². The quantitative estimate of drug-likeness (QED) is 0.422. The lowest BCUT2D eigenvalue weighted by molar-refractivity contribution is 0.490. The number of hydrogen-bond acceptors (Lipinski definition) is 0. The molecule has 0 aliphatic carbocycles. The van der Waals surface area contributed by atoms with Gasteiger partial charge in [-0.15, -0.1) is 0 Å². The topological polar surface area (TPSA) is 0 Å². The molecule has 1 aromatic rings. The Kier molecular flexibility index (Phi) is 8.99. The van der Waals surface area contributed by atoms with Gasteiger partial charge in [-0.25, -0.2) is 0 Å². The normalized spacial score (nSPS) is 14.0. The van der Waals surface area contributed by atoms with Crippen molar-refractivity contribution in [3.8, 4) is 0 Å². The monoisotopic (exact) mass is 312 g/mol. The average Bonchev–Trinajstić information content (AvgIpc) is 2.53. The van der Waals surface area contributed by atoms with E-state index in [0.717, 1.165) is 25.2 Å². The molecule has 23 heavy (non-hydrogen) atoms. The smallest absolute Gasteiger partial charge is 0.0225 e. The molecule has 1 aromatic carbocycles. The highest BCUT2D eigenvalue weighted by Crippen LogP contribution is 2.24. The second kappa shape index (κ2) is 10.5. The zero-order chi connectivity index (χ0) is 17.2. The van der Waals surface area contributed by atoms with Crippen LogP contribution in [0.15, 0.2) is 35.9 Å². The lowest BCUT2D eigenvalue weighted by atomic mass is 9.91. The van der Waals surface area contributed by atoms with E-state index in [1.165, 1.54) is 35.1 Å². The Morgan fingerprint density at radius 3 is 2.48 bits per heavy atom. The van der Waals surface area contributed by atoms with Gasteiger partial charge >= 0.3 is 0 Å². The van der Waals surface area contributed by atoms with Gasteiger partial charge in [0.2, 0.25) is 0 Å². The molecule has 128 valence electrons. The Morgan fingerprint density at radius 2 is 1.87 bits per heavy atom. The highest BCUT2D eigenvalue weighted by atomic mass is 14.1. The van der Waals surface area contributed by atoms with Gasteiger partial charge < -0.3 is 0 Å². The minimum absolute atomic E-state index is 0.677. The van der Waals surface area contributed by atoms with Crippen molar-refractivity contribution in [2.75, 3.05) is 0 Å². The first kappa shape index (κ1) is 19.7. The molecule has 1 unspecified atom stereocenters. The van der Waals surface area contributed by atoms with Crippen LogP contribution < -0.4 is 0 Å². The van der Waals surface area contributed by atoms with Gasteiger partial charge in [-0.3, -0.25) is 0 Å². The maximum absolute atomic E-state index is 2.42. The molecule has 0 bridgehead atoms. The SMILES string of the molecule is C/C=C/CCc1ccc(/C=C(\C)C(C)CCC(C)C)c(CC)c1. The largest absolute Gasteiger partial charge is 0.0917 e. The van der Waals surface area contributed by atoms with Gasteiger partial charge in [0.25, 0.3) is 0 Å². The Labute approximate surface area is 144 Å². The van der Waals surface area contributed by atoms with Crippen molar-refractivity contribution in [2.24, 2.45) is 11.8 Å². The van der Waals surface area contributed by atoms with Crippen molar-refractivity contribution < 1.29 is 0 Å². The summed E-state index contributed by atoms with van der Waals surface area (Å²) < 4.78 is 0. The van der Waals surface area contributed by atoms with Crippen LogP contribution >= 0.6 is 0 Å². The van der Waals surface area contributed by atoms with Crippen LogP contribution in [0.4, 0.5) is 0 Å². The first-order valence-electron chi connectivity index (χ1n) is 9.39. The predicted octanol–water partition coefficient (Wildman–Crippen LogP) is 7.23. The van der Waals surface area contributed by atoms with Gasteiger partial charge in [-0.1, -0.05) is 76.1 Å². The lowest BCUT2D eigenvalue weighted by Crippen LogP contribution is -2.00. The molecule has 0 aromatic heterocycles. The van der Waals surface area contributed by atoms with Crippen LogP contribution in [-0.2, 0) is 12.8 Å². The molecule has 0 heterocycles. The Morgan fingerprint density at radius 1 is 1.13 bits per heavy atom. The summed E-state index contributed by atoms with van der Waals surface area (Å²) in [5.74, 6) is 1.48. The van der Waals surface area contributed by atoms with E-state index in [1.54, 1.807) is 0 Å². The van der Waals surface area contributed by atoms with Crippen LogP contribution in [0.25, 0.3) is 6.08 Å². The number of benzene rings is 1. The number of hydrogen-bond donors (Lipinski definition) is 0. The number of aryl methyl sites for hydroxylation is 2. The molecule has 0 saturated carbocycles. The predicted molar refractivity (Wildman–Crippen MR) is 106 cm³/mol. The second-order valence-electron chi connectivity index (χ2n) is 7.26. The van der Waals surface area contributed by atoms with Gasteiger partial charge in [-0.05, 0) is 68.1 Å². The van der Waals surface area contributed by atoms with E-state index >= 15 is 0 Å². The highest BCUT2D eigenvalue weighted by molar-refractivity contribution is 5.57. The minimum Gasteiger partial charge on any atom is -0.0917 e. The number of rotatable bonds is 9. The zero-order valence-electron chi connectivity index (χ0n) is 16.2. The second-order valence-corrected chi connectivity index (χ2v) is 7.26. The number of allylic oxidation sites excluding steroid dienone is 3. The summed E-state index contributed by atoms with van der Waals surface area (Å²) >= 11 is 0.